The average Bonchev–Trinajstić information content (AvgIpc) is 2.73. The average molecular weight is 229 g/mol. The summed E-state index contributed by atoms with van der Waals surface area (Å²) in [6.45, 7) is 6.84. The Bertz CT molecular complexity index is 201. The first kappa shape index (κ1) is 11.8. The second-order valence-electron chi connectivity index (χ2n) is 6.26. The summed E-state index contributed by atoms with van der Waals surface area (Å²) in [5, 5.41) is 0.351. The SMILES string of the molecule is CC(C)C(CC1CC2CCC1C2)C(C)Cl. The Kier molecular flexibility index (Phi) is 3.65. The Balaban J connectivity index is 1.90. The highest BCUT2D eigenvalue weighted by Crippen LogP contribution is 2.51. The zero-order chi connectivity index (χ0) is 11.0. The highest BCUT2D eigenvalue weighted by molar-refractivity contribution is 6.20. The van der Waals surface area contributed by atoms with Crippen LogP contribution in [0.4, 0.5) is 0 Å². The molecule has 15 heavy (non-hydrogen) atoms. The topological polar surface area (TPSA) is 0 Å². The molecule has 2 rings (SSSR count). The summed E-state index contributed by atoms with van der Waals surface area (Å²) in [5.41, 5.74) is 0. The van der Waals surface area contributed by atoms with Gasteiger partial charge in [-0.15, -0.1) is 11.6 Å². The van der Waals surface area contributed by atoms with Crippen molar-refractivity contribution in [2.45, 2.75) is 58.3 Å². The van der Waals surface area contributed by atoms with Crippen molar-refractivity contribution in [3.05, 3.63) is 0 Å². The van der Waals surface area contributed by atoms with Crippen LogP contribution in [0.5, 0.6) is 0 Å². The number of halogens is 1. The molecule has 0 heterocycles. The molecule has 2 bridgehead atoms. The minimum Gasteiger partial charge on any atom is -0.123 e. The number of hydrogen-bond donors (Lipinski definition) is 0. The van der Waals surface area contributed by atoms with Crippen LogP contribution in [0.15, 0.2) is 0 Å². The van der Waals surface area contributed by atoms with Crippen LogP contribution in [0.3, 0.4) is 0 Å². The van der Waals surface area contributed by atoms with Gasteiger partial charge < -0.3 is 0 Å². The van der Waals surface area contributed by atoms with E-state index in [2.05, 4.69) is 20.8 Å². The summed E-state index contributed by atoms with van der Waals surface area (Å²) in [7, 11) is 0. The van der Waals surface area contributed by atoms with Gasteiger partial charge in [0.15, 0.2) is 0 Å². The number of hydrogen-bond acceptors (Lipinski definition) is 0. The van der Waals surface area contributed by atoms with Gasteiger partial charge in [-0.25, -0.2) is 0 Å². The summed E-state index contributed by atoms with van der Waals surface area (Å²) in [6.07, 6.45) is 7.47. The lowest BCUT2D eigenvalue weighted by atomic mass is 9.78. The Morgan fingerprint density at radius 3 is 2.27 bits per heavy atom. The molecule has 88 valence electrons. The van der Waals surface area contributed by atoms with E-state index >= 15 is 0 Å². The maximum Gasteiger partial charge on any atom is 0.0338 e. The van der Waals surface area contributed by atoms with Gasteiger partial charge in [0.1, 0.15) is 0 Å². The predicted octanol–water partition coefficient (Wildman–Crippen LogP) is 4.71. The molecule has 0 spiro atoms. The molecule has 2 aliphatic rings. The van der Waals surface area contributed by atoms with Crippen molar-refractivity contribution in [3.63, 3.8) is 0 Å². The fraction of sp³-hybridized carbons (Fsp3) is 1.00. The first-order valence-corrected chi connectivity index (χ1v) is 7.15. The van der Waals surface area contributed by atoms with E-state index in [-0.39, 0.29) is 0 Å². The normalized spacial score (nSPS) is 38.6. The van der Waals surface area contributed by atoms with Gasteiger partial charge in [-0.05, 0) is 62.2 Å². The summed E-state index contributed by atoms with van der Waals surface area (Å²) < 4.78 is 0. The van der Waals surface area contributed by atoms with Crippen LogP contribution in [0.25, 0.3) is 0 Å². The third-order valence-electron chi connectivity index (χ3n) is 4.91. The number of rotatable bonds is 4. The van der Waals surface area contributed by atoms with Crippen molar-refractivity contribution >= 4 is 11.6 Å². The third-order valence-corrected chi connectivity index (χ3v) is 5.23. The van der Waals surface area contributed by atoms with E-state index in [0.29, 0.717) is 5.38 Å². The Hall–Kier alpha value is 0.290. The van der Waals surface area contributed by atoms with Crippen molar-refractivity contribution in [1.82, 2.24) is 0 Å². The van der Waals surface area contributed by atoms with E-state index < -0.39 is 0 Å². The molecule has 2 aliphatic carbocycles. The van der Waals surface area contributed by atoms with Gasteiger partial charge in [0.25, 0.3) is 0 Å². The highest BCUT2D eigenvalue weighted by atomic mass is 35.5. The van der Waals surface area contributed by atoms with E-state index in [1.165, 1.54) is 32.1 Å². The molecule has 5 atom stereocenters. The van der Waals surface area contributed by atoms with Crippen LogP contribution in [-0.2, 0) is 0 Å². The summed E-state index contributed by atoms with van der Waals surface area (Å²) >= 11 is 6.32. The van der Waals surface area contributed by atoms with Gasteiger partial charge in [0, 0.05) is 5.38 Å². The van der Waals surface area contributed by atoms with Gasteiger partial charge >= 0.3 is 0 Å². The summed E-state index contributed by atoms with van der Waals surface area (Å²) in [4.78, 5) is 0. The minimum absolute atomic E-state index is 0.351. The summed E-state index contributed by atoms with van der Waals surface area (Å²) in [5.74, 6) is 4.63. The maximum atomic E-state index is 6.32. The zero-order valence-electron chi connectivity index (χ0n) is 10.4. The Labute approximate surface area is 99.8 Å². The van der Waals surface area contributed by atoms with Gasteiger partial charge in [-0.2, -0.15) is 0 Å². The molecule has 0 nitrogen and oxygen atoms in total. The first-order chi connectivity index (χ1) is 7.08. The van der Waals surface area contributed by atoms with Crippen LogP contribution in [-0.4, -0.2) is 5.38 Å². The number of fused-ring (bicyclic) bond motifs is 2. The molecule has 2 saturated carbocycles. The third kappa shape index (κ3) is 2.52. The van der Waals surface area contributed by atoms with Gasteiger partial charge in [0.05, 0.1) is 0 Å². The molecule has 0 aromatic carbocycles. The molecule has 0 saturated heterocycles. The lowest BCUT2D eigenvalue weighted by Gasteiger charge is -2.30. The van der Waals surface area contributed by atoms with Crippen LogP contribution in [0, 0.1) is 29.6 Å². The predicted molar refractivity (Wildman–Crippen MR) is 67.2 cm³/mol. The summed E-state index contributed by atoms with van der Waals surface area (Å²) in [6, 6.07) is 0. The molecular weight excluding hydrogens is 204 g/mol. The second-order valence-corrected chi connectivity index (χ2v) is 6.94. The van der Waals surface area contributed by atoms with Gasteiger partial charge in [-0.3, -0.25) is 0 Å². The molecule has 2 fully saturated rings. The Morgan fingerprint density at radius 2 is 1.87 bits per heavy atom. The molecule has 5 unspecified atom stereocenters. The second kappa shape index (κ2) is 4.65. The van der Waals surface area contributed by atoms with Crippen molar-refractivity contribution < 1.29 is 0 Å². The van der Waals surface area contributed by atoms with Crippen LogP contribution >= 0.6 is 11.6 Å². The van der Waals surface area contributed by atoms with E-state index in [1.807, 2.05) is 0 Å². The van der Waals surface area contributed by atoms with Crippen molar-refractivity contribution in [2.24, 2.45) is 29.6 Å². The smallest absolute Gasteiger partial charge is 0.0338 e. The molecule has 0 N–H and O–H groups in total. The maximum absolute atomic E-state index is 6.32. The van der Waals surface area contributed by atoms with Crippen molar-refractivity contribution in [1.29, 1.82) is 0 Å². The van der Waals surface area contributed by atoms with Crippen molar-refractivity contribution in [2.75, 3.05) is 0 Å². The van der Waals surface area contributed by atoms with Crippen molar-refractivity contribution in [3.8, 4) is 0 Å². The van der Waals surface area contributed by atoms with Crippen LogP contribution < -0.4 is 0 Å². The highest BCUT2D eigenvalue weighted by Gasteiger charge is 2.40. The van der Waals surface area contributed by atoms with Crippen LogP contribution in [0.1, 0.15) is 52.9 Å². The molecule has 1 heteroatoms. The largest absolute Gasteiger partial charge is 0.123 e. The monoisotopic (exact) mass is 228 g/mol. The van der Waals surface area contributed by atoms with Gasteiger partial charge in [0.2, 0.25) is 0 Å². The molecule has 0 aromatic heterocycles. The van der Waals surface area contributed by atoms with E-state index in [1.54, 1.807) is 0 Å². The fourth-order valence-electron chi connectivity index (χ4n) is 4.00. The lowest BCUT2D eigenvalue weighted by Crippen LogP contribution is -2.24. The lowest BCUT2D eigenvalue weighted by molar-refractivity contribution is 0.230. The quantitative estimate of drug-likeness (QED) is 0.612. The molecule has 0 radical (unpaired) electrons. The van der Waals surface area contributed by atoms with E-state index in [4.69, 9.17) is 11.6 Å². The van der Waals surface area contributed by atoms with E-state index in [0.717, 1.165) is 29.6 Å². The van der Waals surface area contributed by atoms with Gasteiger partial charge in [-0.1, -0.05) is 20.3 Å². The molecule has 0 aromatic rings. The molecular formula is C14H25Cl. The fourth-order valence-corrected chi connectivity index (χ4v) is 4.40. The standard InChI is InChI=1S/C14H25Cl/c1-9(2)14(10(3)15)8-13-7-11-4-5-12(13)6-11/h9-14H,4-8H2,1-3H3. The zero-order valence-corrected chi connectivity index (χ0v) is 11.1. The first-order valence-electron chi connectivity index (χ1n) is 6.72. The molecule has 0 aliphatic heterocycles. The number of alkyl halides is 1. The Morgan fingerprint density at radius 1 is 1.13 bits per heavy atom. The minimum atomic E-state index is 0.351. The van der Waals surface area contributed by atoms with Crippen LogP contribution in [0.2, 0.25) is 0 Å². The molecule has 0 amide bonds. The van der Waals surface area contributed by atoms with E-state index in [9.17, 15) is 0 Å².